The summed E-state index contributed by atoms with van der Waals surface area (Å²) in [6.07, 6.45) is 6.84. The summed E-state index contributed by atoms with van der Waals surface area (Å²) in [5, 5.41) is 7.67. The van der Waals surface area contributed by atoms with E-state index in [9.17, 15) is 0 Å². The second-order valence-electron chi connectivity index (χ2n) is 6.33. The quantitative estimate of drug-likeness (QED) is 0.799. The maximum atomic E-state index is 5.45. The van der Waals surface area contributed by atoms with Crippen LogP contribution in [0.1, 0.15) is 63.6 Å². The van der Waals surface area contributed by atoms with Crippen LogP contribution in [0.25, 0.3) is 0 Å². The third kappa shape index (κ3) is 5.08. The lowest BCUT2D eigenvalue weighted by atomic mass is 9.82. The minimum absolute atomic E-state index is 0.244. The van der Waals surface area contributed by atoms with Crippen LogP contribution in [-0.4, -0.2) is 36.4 Å². The number of hydrogen-bond acceptors (Lipinski definition) is 5. The molecule has 0 aromatic carbocycles. The summed E-state index contributed by atoms with van der Waals surface area (Å²) < 4.78 is 10.7. The minimum atomic E-state index is 0.244. The molecule has 5 nitrogen and oxygen atoms in total. The molecule has 0 spiro atoms. The third-order valence-electron chi connectivity index (χ3n) is 4.26. The molecule has 3 unspecified atom stereocenters. The van der Waals surface area contributed by atoms with E-state index in [1.165, 1.54) is 25.7 Å². The van der Waals surface area contributed by atoms with Crippen molar-refractivity contribution in [2.24, 2.45) is 5.92 Å². The Morgan fingerprint density at radius 3 is 3.00 bits per heavy atom. The molecule has 1 saturated carbocycles. The average molecular weight is 295 g/mol. The van der Waals surface area contributed by atoms with Crippen molar-refractivity contribution in [3.8, 4) is 0 Å². The van der Waals surface area contributed by atoms with Gasteiger partial charge in [0.05, 0.1) is 6.61 Å². The van der Waals surface area contributed by atoms with Gasteiger partial charge in [0.25, 0.3) is 0 Å². The fourth-order valence-electron chi connectivity index (χ4n) is 3.14. The predicted molar refractivity (Wildman–Crippen MR) is 82.3 cm³/mol. The molecular formula is C16H29N3O2. The number of nitrogens with one attached hydrogen (secondary N) is 1. The molecule has 5 heteroatoms. The highest BCUT2D eigenvalue weighted by Gasteiger charge is 2.25. The topological polar surface area (TPSA) is 60.2 Å². The van der Waals surface area contributed by atoms with Crippen LogP contribution in [0.4, 0.5) is 0 Å². The molecular weight excluding hydrogens is 266 g/mol. The van der Waals surface area contributed by atoms with Crippen LogP contribution in [-0.2, 0) is 11.2 Å². The van der Waals surface area contributed by atoms with Crippen molar-refractivity contribution in [3.63, 3.8) is 0 Å². The van der Waals surface area contributed by atoms with Crippen molar-refractivity contribution in [2.75, 3.05) is 20.3 Å². The number of rotatable bonds is 8. The molecule has 1 aliphatic carbocycles. The Bertz CT molecular complexity index is 408. The van der Waals surface area contributed by atoms with E-state index in [1.807, 2.05) is 0 Å². The van der Waals surface area contributed by atoms with Gasteiger partial charge in [-0.15, -0.1) is 0 Å². The molecule has 21 heavy (non-hydrogen) atoms. The predicted octanol–water partition coefficient (Wildman–Crippen LogP) is 2.92. The fraction of sp³-hybridized carbons (Fsp3) is 0.875. The summed E-state index contributed by atoms with van der Waals surface area (Å²) >= 11 is 0. The molecule has 0 aliphatic heterocycles. The van der Waals surface area contributed by atoms with Gasteiger partial charge in [-0.1, -0.05) is 31.8 Å². The first-order chi connectivity index (χ1) is 10.2. The van der Waals surface area contributed by atoms with Gasteiger partial charge in [0, 0.05) is 25.5 Å². The second kappa shape index (κ2) is 8.49. The molecule has 1 aromatic heterocycles. The Hall–Kier alpha value is -0.940. The molecule has 1 fully saturated rings. The smallest absolute Gasteiger partial charge is 0.228 e. The average Bonchev–Trinajstić information content (AvgIpc) is 2.93. The van der Waals surface area contributed by atoms with Crippen molar-refractivity contribution in [3.05, 3.63) is 11.7 Å². The molecule has 0 amide bonds. The Balaban J connectivity index is 1.91. The van der Waals surface area contributed by atoms with Gasteiger partial charge in [0.15, 0.2) is 5.82 Å². The molecule has 1 heterocycles. The maximum absolute atomic E-state index is 5.45. The van der Waals surface area contributed by atoms with Crippen LogP contribution in [0.15, 0.2) is 4.52 Å². The van der Waals surface area contributed by atoms with E-state index in [0.717, 1.165) is 37.0 Å². The zero-order valence-corrected chi connectivity index (χ0v) is 13.6. The molecule has 1 aromatic rings. The number of methoxy groups -OCH3 is 1. The molecule has 1 aliphatic rings. The van der Waals surface area contributed by atoms with E-state index in [2.05, 4.69) is 29.3 Å². The van der Waals surface area contributed by atoms with Crippen LogP contribution in [0.5, 0.6) is 0 Å². The summed E-state index contributed by atoms with van der Waals surface area (Å²) in [6.45, 7) is 6.12. The fourth-order valence-corrected chi connectivity index (χ4v) is 3.14. The van der Waals surface area contributed by atoms with Gasteiger partial charge in [-0.3, -0.25) is 0 Å². The van der Waals surface area contributed by atoms with E-state index in [-0.39, 0.29) is 6.04 Å². The van der Waals surface area contributed by atoms with E-state index in [4.69, 9.17) is 9.26 Å². The van der Waals surface area contributed by atoms with Crippen LogP contribution in [0, 0.1) is 5.92 Å². The van der Waals surface area contributed by atoms with Crippen molar-refractivity contribution in [1.29, 1.82) is 0 Å². The van der Waals surface area contributed by atoms with Gasteiger partial charge in [-0.25, -0.2) is 0 Å². The van der Waals surface area contributed by atoms with Crippen LogP contribution in [0.3, 0.4) is 0 Å². The van der Waals surface area contributed by atoms with Crippen molar-refractivity contribution in [2.45, 2.75) is 64.3 Å². The zero-order valence-electron chi connectivity index (χ0n) is 13.6. The lowest BCUT2D eigenvalue weighted by molar-refractivity contribution is 0.161. The first-order valence-corrected chi connectivity index (χ1v) is 8.27. The lowest BCUT2D eigenvalue weighted by Crippen LogP contribution is -2.35. The molecule has 3 atom stereocenters. The van der Waals surface area contributed by atoms with Crippen molar-refractivity contribution < 1.29 is 9.26 Å². The number of aromatic nitrogens is 2. The monoisotopic (exact) mass is 295 g/mol. The zero-order chi connectivity index (χ0) is 15.1. The number of hydrogen-bond donors (Lipinski definition) is 1. The van der Waals surface area contributed by atoms with Gasteiger partial charge < -0.3 is 14.6 Å². The summed E-state index contributed by atoms with van der Waals surface area (Å²) in [6, 6.07) is 0.244. The van der Waals surface area contributed by atoms with Gasteiger partial charge in [0.1, 0.15) is 0 Å². The third-order valence-corrected chi connectivity index (χ3v) is 4.26. The normalized spacial score (nSPS) is 24.1. The Morgan fingerprint density at radius 2 is 2.29 bits per heavy atom. The summed E-state index contributed by atoms with van der Waals surface area (Å²) in [5.41, 5.74) is 0. The summed E-state index contributed by atoms with van der Waals surface area (Å²) in [5.74, 6) is 2.89. The van der Waals surface area contributed by atoms with Gasteiger partial charge in [-0.2, -0.15) is 4.98 Å². The van der Waals surface area contributed by atoms with Crippen LogP contribution < -0.4 is 5.32 Å². The SMILES string of the molecule is CCCNC(COC)Cc1nc(C2CCCC(C)C2)no1. The summed E-state index contributed by atoms with van der Waals surface area (Å²) in [4.78, 5) is 4.63. The molecule has 2 rings (SSSR count). The van der Waals surface area contributed by atoms with Crippen LogP contribution in [0.2, 0.25) is 0 Å². The Morgan fingerprint density at radius 1 is 1.43 bits per heavy atom. The van der Waals surface area contributed by atoms with E-state index >= 15 is 0 Å². The standard InChI is InChI=1S/C16H29N3O2/c1-4-8-17-14(11-20-3)10-15-18-16(19-21-15)13-7-5-6-12(2)9-13/h12-14,17H,4-11H2,1-3H3. The van der Waals surface area contributed by atoms with E-state index in [0.29, 0.717) is 12.5 Å². The van der Waals surface area contributed by atoms with E-state index < -0.39 is 0 Å². The first-order valence-electron chi connectivity index (χ1n) is 8.27. The molecule has 0 bridgehead atoms. The molecule has 1 N–H and O–H groups in total. The summed E-state index contributed by atoms with van der Waals surface area (Å²) in [7, 11) is 1.73. The molecule has 0 radical (unpaired) electrons. The highest BCUT2D eigenvalue weighted by molar-refractivity contribution is 4.98. The van der Waals surface area contributed by atoms with Crippen molar-refractivity contribution >= 4 is 0 Å². The van der Waals surface area contributed by atoms with Gasteiger partial charge in [-0.05, 0) is 31.7 Å². The highest BCUT2D eigenvalue weighted by atomic mass is 16.5. The Kier molecular flexibility index (Phi) is 6.64. The lowest BCUT2D eigenvalue weighted by Gasteiger charge is -2.23. The number of nitrogens with zero attached hydrogens (tertiary/aromatic N) is 2. The first kappa shape index (κ1) is 16.4. The Labute approximate surface area is 127 Å². The van der Waals surface area contributed by atoms with Gasteiger partial charge >= 0.3 is 0 Å². The second-order valence-corrected chi connectivity index (χ2v) is 6.33. The van der Waals surface area contributed by atoms with Crippen molar-refractivity contribution in [1.82, 2.24) is 15.5 Å². The molecule has 120 valence electrons. The minimum Gasteiger partial charge on any atom is -0.383 e. The molecule has 0 saturated heterocycles. The largest absolute Gasteiger partial charge is 0.383 e. The van der Waals surface area contributed by atoms with Gasteiger partial charge in [0.2, 0.25) is 5.89 Å². The number of ether oxygens (including phenoxy) is 1. The maximum Gasteiger partial charge on any atom is 0.228 e. The van der Waals surface area contributed by atoms with E-state index in [1.54, 1.807) is 7.11 Å². The highest BCUT2D eigenvalue weighted by Crippen LogP contribution is 2.34. The van der Waals surface area contributed by atoms with Crippen LogP contribution >= 0.6 is 0 Å².